The second kappa shape index (κ2) is 9.97. The van der Waals surface area contributed by atoms with Crippen LogP contribution in [0.15, 0.2) is 73.3 Å². The van der Waals surface area contributed by atoms with E-state index in [1.165, 1.54) is 0 Å². The first-order valence-electron chi connectivity index (χ1n) is 13.3. The Morgan fingerprint density at radius 1 is 1.00 bits per heavy atom. The SMILES string of the molecule is CN1CCC(C(=O)Nc2cncc(-c3cnc4[nH]nc(-c5nc6c(-c7ccccn7)cccc6[nH]5)c4c3)c2)CC1. The lowest BCUT2D eigenvalue weighted by Crippen LogP contribution is -2.35. The van der Waals surface area contributed by atoms with Crippen molar-refractivity contribution < 1.29 is 4.79 Å². The molecule has 1 aromatic carbocycles. The van der Waals surface area contributed by atoms with Gasteiger partial charge < -0.3 is 15.2 Å². The molecule has 3 N–H and O–H groups in total. The number of imidazole rings is 1. The Labute approximate surface area is 229 Å². The van der Waals surface area contributed by atoms with Gasteiger partial charge in [-0.15, -0.1) is 0 Å². The topological polar surface area (TPSA) is 128 Å². The van der Waals surface area contributed by atoms with Crippen LogP contribution in [0.25, 0.3) is 56.0 Å². The van der Waals surface area contributed by atoms with Gasteiger partial charge in [-0.3, -0.25) is 19.9 Å². The standard InChI is InChI=1S/C30H27N9O/c1-39-11-8-18(9-12-39)30(40)34-21-13-19(15-31-17-21)20-14-23-27(37-38-28(23)33-16-20)29-35-25-7-4-5-22(26(25)36-29)24-6-2-3-10-32-24/h2-7,10,13-18H,8-9,11-12H2,1H3,(H,34,40)(H,35,36)(H,33,37,38). The van der Waals surface area contributed by atoms with Gasteiger partial charge in [-0.1, -0.05) is 18.2 Å². The van der Waals surface area contributed by atoms with Crippen LogP contribution in [-0.2, 0) is 4.79 Å². The molecule has 1 amide bonds. The maximum Gasteiger partial charge on any atom is 0.227 e. The number of likely N-dealkylation sites (tertiary alicyclic amines) is 1. The van der Waals surface area contributed by atoms with Crippen LogP contribution < -0.4 is 5.32 Å². The summed E-state index contributed by atoms with van der Waals surface area (Å²) < 4.78 is 0. The molecule has 5 aromatic heterocycles. The van der Waals surface area contributed by atoms with Gasteiger partial charge in [-0.2, -0.15) is 5.10 Å². The van der Waals surface area contributed by atoms with Crippen molar-refractivity contribution in [3.63, 3.8) is 0 Å². The molecule has 0 aliphatic carbocycles. The summed E-state index contributed by atoms with van der Waals surface area (Å²) >= 11 is 0. The van der Waals surface area contributed by atoms with Crippen molar-refractivity contribution in [3.8, 4) is 33.9 Å². The number of hydrogen-bond donors (Lipinski definition) is 3. The molecular formula is C30H27N9O. The van der Waals surface area contributed by atoms with Gasteiger partial charge in [0.25, 0.3) is 0 Å². The quantitative estimate of drug-likeness (QED) is 0.290. The maximum atomic E-state index is 12.9. The number of nitrogens with one attached hydrogen (secondary N) is 3. The third-order valence-corrected chi connectivity index (χ3v) is 7.52. The molecule has 0 atom stereocenters. The molecule has 1 aliphatic rings. The molecule has 0 spiro atoms. The number of carbonyl (C=O) groups is 1. The summed E-state index contributed by atoms with van der Waals surface area (Å²) in [6, 6.07) is 15.8. The predicted octanol–water partition coefficient (Wildman–Crippen LogP) is 4.91. The number of aromatic nitrogens is 7. The van der Waals surface area contributed by atoms with Crippen molar-refractivity contribution in [1.29, 1.82) is 0 Å². The molecule has 0 saturated carbocycles. The molecule has 10 nitrogen and oxygen atoms in total. The van der Waals surface area contributed by atoms with E-state index in [9.17, 15) is 4.79 Å². The Morgan fingerprint density at radius 2 is 1.88 bits per heavy atom. The molecule has 1 aliphatic heterocycles. The fraction of sp³-hybridized carbons (Fsp3) is 0.200. The average molecular weight is 530 g/mol. The van der Waals surface area contributed by atoms with E-state index in [0.29, 0.717) is 22.9 Å². The van der Waals surface area contributed by atoms with Crippen LogP contribution in [-0.4, -0.2) is 66.1 Å². The number of pyridine rings is 3. The minimum Gasteiger partial charge on any atom is -0.337 e. The van der Waals surface area contributed by atoms with Gasteiger partial charge in [0.1, 0.15) is 5.69 Å². The van der Waals surface area contributed by atoms with Crippen molar-refractivity contribution in [1.82, 2.24) is 40.0 Å². The van der Waals surface area contributed by atoms with Crippen molar-refractivity contribution >= 4 is 33.7 Å². The Hall–Kier alpha value is -4.96. The smallest absolute Gasteiger partial charge is 0.227 e. The van der Waals surface area contributed by atoms with Crippen LogP contribution in [0, 0.1) is 5.92 Å². The Bertz CT molecular complexity index is 1830. The van der Waals surface area contributed by atoms with Gasteiger partial charge in [-0.05, 0) is 63.3 Å². The van der Waals surface area contributed by atoms with Gasteiger partial charge in [0, 0.05) is 41.2 Å². The second-order valence-electron chi connectivity index (χ2n) is 10.2. The number of H-pyrrole nitrogens is 2. The van der Waals surface area contributed by atoms with Crippen LogP contribution in [0.4, 0.5) is 5.69 Å². The maximum absolute atomic E-state index is 12.9. The predicted molar refractivity (Wildman–Crippen MR) is 154 cm³/mol. The number of nitrogens with zero attached hydrogens (tertiary/aromatic N) is 6. The zero-order chi connectivity index (χ0) is 27.1. The normalized spacial score (nSPS) is 14.6. The summed E-state index contributed by atoms with van der Waals surface area (Å²) in [5.74, 6) is 0.710. The van der Waals surface area contributed by atoms with E-state index in [0.717, 1.165) is 64.7 Å². The molecule has 0 unspecified atom stereocenters. The first-order chi connectivity index (χ1) is 19.6. The zero-order valence-electron chi connectivity index (χ0n) is 21.9. The summed E-state index contributed by atoms with van der Waals surface area (Å²) in [5, 5.41) is 11.5. The van der Waals surface area contributed by atoms with Crippen molar-refractivity contribution in [2.75, 3.05) is 25.5 Å². The molecule has 6 aromatic rings. The Kier molecular flexibility index (Phi) is 6.01. The van der Waals surface area contributed by atoms with Crippen LogP contribution >= 0.6 is 0 Å². The number of aromatic amines is 2. The third kappa shape index (κ3) is 4.48. The Balaban J connectivity index is 1.20. The van der Waals surface area contributed by atoms with Crippen LogP contribution in [0.2, 0.25) is 0 Å². The highest BCUT2D eigenvalue weighted by molar-refractivity contribution is 5.97. The van der Waals surface area contributed by atoms with E-state index in [4.69, 9.17) is 4.98 Å². The van der Waals surface area contributed by atoms with Crippen LogP contribution in [0.3, 0.4) is 0 Å². The fourth-order valence-corrected chi connectivity index (χ4v) is 5.30. The van der Waals surface area contributed by atoms with Gasteiger partial charge >= 0.3 is 0 Å². The summed E-state index contributed by atoms with van der Waals surface area (Å²) in [5.41, 5.74) is 7.25. The molecule has 6 heterocycles. The van der Waals surface area contributed by atoms with E-state index in [-0.39, 0.29) is 11.8 Å². The number of hydrogen-bond acceptors (Lipinski definition) is 7. The average Bonchev–Trinajstić information content (AvgIpc) is 3.62. The molecular weight excluding hydrogens is 502 g/mol. The number of amides is 1. The lowest BCUT2D eigenvalue weighted by molar-refractivity contribution is -0.121. The van der Waals surface area contributed by atoms with E-state index in [2.05, 4.69) is 47.4 Å². The number of anilines is 1. The van der Waals surface area contributed by atoms with Crippen LogP contribution in [0.1, 0.15) is 12.8 Å². The number of fused-ring (bicyclic) bond motifs is 2. The van der Waals surface area contributed by atoms with Crippen molar-refractivity contribution in [2.24, 2.45) is 5.92 Å². The first kappa shape index (κ1) is 24.1. The van der Waals surface area contributed by atoms with E-state index < -0.39 is 0 Å². The lowest BCUT2D eigenvalue weighted by atomic mass is 9.96. The van der Waals surface area contributed by atoms with E-state index in [1.54, 1.807) is 24.8 Å². The van der Waals surface area contributed by atoms with E-state index in [1.807, 2.05) is 48.5 Å². The summed E-state index contributed by atoms with van der Waals surface area (Å²) in [6.45, 7) is 1.87. The molecule has 7 rings (SSSR count). The van der Waals surface area contributed by atoms with Gasteiger partial charge in [0.15, 0.2) is 11.5 Å². The molecule has 1 saturated heterocycles. The van der Waals surface area contributed by atoms with Gasteiger partial charge in [-0.25, -0.2) is 9.97 Å². The van der Waals surface area contributed by atoms with Crippen molar-refractivity contribution in [3.05, 3.63) is 73.3 Å². The molecule has 0 bridgehead atoms. The number of para-hydroxylation sites is 1. The number of piperidine rings is 1. The minimum atomic E-state index is 0.0216. The minimum absolute atomic E-state index is 0.0216. The Morgan fingerprint density at radius 3 is 2.73 bits per heavy atom. The molecule has 0 radical (unpaired) electrons. The summed E-state index contributed by atoms with van der Waals surface area (Å²) in [4.78, 5) is 36.9. The zero-order valence-corrected chi connectivity index (χ0v) is 21.9. The highest BCUT2D eigenvalue weighted by atomic mass is 16.1. The van der Waals surface area contributed by atoms with Gasteiger partial charge in [0.05, 0.1) is 34.0 Å². The summed E-state index contributed by atoms with van der Waals surface area (Å²) in [6.07, 6.45) is 8.74. The second-order valence-corrected chi connectivity index (χ2v) is 10.2. The lowest BCUT2D eigenvalue weighted by Gasteiger charge is -2.28. The number of carbonyl (C=O) groups excluding carboxylic acids is 1. The largest absolute Gasteiger partial charge is 0.337 e. The third-order valence-electron chi connectivity index (χ3n) is 7.52. The van der Waals surface area contributed by atoms with Gasteiger partial charge in [0.2, 0.25) is 5.91 Å². The number of benzene rings is 1. The summed E-state index contributed by atoms with van der Waals surface area (Å²) in [7, 11) is 2.09. The monoisotopic (exact) mass is 529 g/mol. The van der Waals surface area contributed by atoms with Crippen LogP contribution in [0.5, 0.6) is 0 Å². The molecule has 10 heteroatoms. The van der Waals surface area contributed by atoms with E-state index >= 15 is 0 Å². The highest BCUT2D eigenvalue weighted by Crippen LogP contribution is 2.32. The molecule has 198 valence electrons. The number of rotatable bonds is 5. The first-order valence-corrected chi connectivity index (χ1v) is 13.3. The fourth-order valence-electron chi connectivity index (χ4n) is 5.30. The molecule has 1 fully saturated rings. The highest BCUT2D eigenvalue weighted by Gasteiger charge is 2.23. The molecule has 40 heavy (non-hydrogen) atoms. The van der Waals surface area contributed by atoms with Crippen molar-refractivity contribution in [2.45, 2.75) is 12.8 Å².